The predicted octanol–water partition coefficient (Wildman–Crippen LogP) is 5.29. The Hall–Kier alpha value is -0.550. The summed E-state index contributed by atoms with van der Waals surface area (Å²) in [7, 11) is 0. The Morgan fingerprint density at radius 1 is 1.27 bits per heavy atom. The average Bonchev–Trinajstić information content (AvgIpc) is 2.60. The highest BCUT2D eigenvalue weighted by atomic mass is 127. The van der Waals surface area contributed by atoms with Gasteiger partial charge in [-0.15, -0.1) is 0 Å². The van der Waals surface area contributed by atoms with Crippen LogP contribution in [0.3, 0.4) is 0 Å². The summed E-state index contributed by atoms with van der Waals surface area (Å²) in [4.78, 5) is 12.7. The highest BCUT2D eigenvalue weighted by Crippen LogP contribution is 2.30. The van der Waals surface area contributed by atoms with Crippen LogP contribution in [0, 0.1) is 7.14 Å². The molecule has 0 aromatic heterocycles. The Morgan fingerprint density at radius 3 is 2.69 bits per heavy atom. The summed E-state index contributed by atoms with van der Waals surface area (Å²) in [6, 6.07) is 3.71. The van der Waals surface area contributed by atoms with Crippen LogP contribution >= 0.6 is 45.2 Å². The minimum Gasteiger partial charge on any atom is -0.498 e. The van der Waals surface area contributed by atoms with E-state index in [9.17, 15) is 4.79 Å². The number of hydrogen-bond donors (Lipinski definition) is 0. The fourth-order valence-corrected chi connectivity index (χ4v) is 4.85. The standard InChI is InChI=1S/C19H24I2O5/c1-3-23-9-10-24-18-16(11-14(20)12-17(18)21)19(22)26-13(2)25-15-7-5-4-6-8-15/h3,11-13,15H,1,4-10H2,2H3. The van der Waals surface area contributed by atoms with E-state index in [1.54, 1.807) is 13.0 Å². The molecule has 0 spiro atoms. The molecule has 0 bridgehead atoms. The van der Waals surface area contributed by atoms with E-state index in [0.29, 0.717) is 24.5 Å². The van der Waals surface area contributed by atoms with E-state index in [4.69, 9.17) is 18.9 Å². The average molecular weight is 586 g/mol. The number of hydrogen-bond acceptors (Lipinski definition) is 5. The molecule has 0 aliphatic heterocycles. The lowest BCUT2D eigenvalue weighted by atomic mass is 9.98. The molecule has 1 fully saturated rings. The second-order valence-corrected chi connectivity index (χ2v) is 8.43. The van der Waals surface area contributed by atoms with Crippen molar-refractivity contribution in [3.05, 3.63) is 37.7 Å². The second-order valence-electron chi connectivity index (χ2n) is 6.02. The minimum atomic E-state index is -0.585. The van der Waals surface area contributed by atoms with Crippen molar-refractivity contribution >= 4 is 51.2 Å². The zero-order valence-electron chi connectivity index (χ0n) is 14.8. The Labute approximate surface area is 182 Å². The fraction of sp³-hybridized carbons (Fsp3) is 0.526. The van der Waals surface area contributed by atoms with Gasteiger partial charge in [-0.25, -0.2) is 4.79 Å². The van der Waals surface area contributed by atoms with Crippen molar-refractivity contribution in [3.63, 3.8) is 0 Å². The van der Waals surface area contributed by atoms with Gasteiger partial charge in [-0.1, -0.05) is 25.8 Å². The second kappa shape index (κ2) is 11.3. The van der Waals surface area contributed by atoms with Crippen LogP contribution in [0.5, 0.6) is 5.75 Å². The Morgan fingerprint density at radius 2 is 2.00 bits per heavy atom. The molecule has 0 N–H and O–H groups in total. The molecule has 7 heteroatoms. The molecule has 0 radical (unpaired) electrons. The molecule has 1 aromatic carbocycles. The van der Waals surface area contributed by atoms with Crippen molar-refractivity contribution in [2.24, 2.45) is 0 Å². The summed E-state index contributed by atoms with van der Waals surface area (Å²) >= 11 is 4.33. The van der Waals surface area contributed by atoms with Gasteiger partial charge in [0.1, 0.15) is 24.5 Å². The van der Waals surface area contributed by atoms with Gasteiger partial charge in [0, 0.05) is 3.57 Å². The summed E-state index contributed by atoms with van der Waals surface area (Å²) in [6.07, 6.45) is 6.61. The summed E-state index contributed by atoms with van der Waals surface area (Å²) in [5.74, 6) is 0.0675. The quantitative estimate of drug-likeness (QED) is 0.130. The fourth-order valence-electron chi connectivity index (χ4n) is 2.85. The molecule has 144 valence electrons. The Bertz CT molecular complexity index is 614. The molecule has 0 heterocycles. The van der Waals surface area contributed by atoms with Crippen molar-refractivity contribution in [1.29, 1.82) is 0 Å². The number of ether oxygens (including phenoxy) is 4. The first-order valence-electron chi connectivity index (χ1n) is 8.72. The third-order valence-corrected chi connectivity index (χ3v) is 5.43. The minimum absolute atomic E-state index is 0.175. The van der Waals surface area contributed by atoms with Gasteiger partial charge >= 0.3 is 5.97 Å². The van der Waals surface area contributed by atoms with Gasteiger partial charge in [-0.05, 0) is 77.1 Å². The molecule has 1 aliphatic rings. The third kappa shape index (κ3) is 6.88. The molecule has 2 rings (SSSR count). The van der Waals surface area contributed by atoms with Crippen LogP contribution in [0.1, 0.15) is 49.4 Å². The SMILES string of the molecule is C=COCCOc1c(I)cc(I)cc1C(=O)OC(C)OC1CCCCC1. The molecule has 0 saturated heterocycles. The largest absolute Gasteiger partial charge is 0.498 e. The monoisotopic (exact) mass is 586 g/mol. The first-order chi connectivity index (χ1) is 12.5. The number of carbonyl (C=O) groups excluding carboxylic acids is 1. The maximum absolute atomic E-state index is 12.7. The maximum atomic E-state index is 12.7. The third-order valence-electron chi connectivity index (χ3n) is 4.00. The van der Waals surface area contributed by atoms with Gasteiger partial charge in [0.05, 0.1) is 15.9 Å². The van der Waals surface area contributed by atoms with E-state index >= 15 is 0 Å². The van der Waals surface area contributed by atoms with Crippen molar-refractivity contribution < 1.29 is 23.7 Å². The molecule has 1 aliphatic carbocycles. The molecule has 0 amide bonds. The van der Waals surface area contributed by atoms with Gasteiger partial charge in [-0.3, -0.25) is 0 Å². The van der Waals surface area contributed by atoms with E-state index in [0.717, 1.165) is 20.0 Å². The predicted molar refractivity (Wildman–Crippen MR) is 116 cm³/mol. The van der Waals surface area contributed by atoms with Gasteiger partial charge in [-0.2, -0.15) is 0 Å². The zero-order chi connectivity index (χ0) is 18.9. The lowest BCUT2D eigenvalue weighted by Crippen LogP contribution is -2.26. The maximum Gasteiger partial charge on any atom is 0.344 e. The van der Waals surface area contributed by atoms with Crippen molar-refractivity contribution in [1.82, 2.24) is 0 Å². The van der Waals surface area contributed by atoms with Crippen molar-refractivity contribution in [2.45, 2.75) is 51.4 Å². The molecule has 1 saturated carbocycles. The van der Waals surface area contributed by atoms with Crippen LogP contribution in [-0.4, -0.2) is 31.6 Å². The molecule has 26 heavy (non-hydrogen) atoms. The van der Waals surface area contributed by atoms with E-state index in [-0.39, 0.29) is 6.10 Å². The van der Waals surface area contributed by atoms with E-state index in [2.05, 4.69) is 51.8 Å². The smallest absolute Gasteiger partial charge is 0.344 e. The number of rotatable bonds is 9. The molecular formula is C19H24I2O5. The van der Waals surface area contributed by atoms with Crippen molar-refractivity contribution in [3.8, 4) is 5.75 Å². The lowest BCUT2D eigenvalue weighted by molar-refractivity contribution is -0.137. The number of esters is 1. The van der Waals surface area contributed by atoms with Crippen LogP contribution in [0.15, 0.2) is 25.0 Å². The van der Waals surface area contributed by atoms with Crippen LogP contribution in [-0.2, 0) is 14.2 Å². The molecule has 1 atom stereocenters. The van der Waals surface area contributed by atoms with Crippen LogP contribution in [0.2, 0.25) is 0 Å². The number of benzene rings is 1. The van der Waals surface area contributed by atoms with Crippen LogP contribution in [0.25, 0.3) is 0 Å². The summed E-state index contributed by atoms with van der Waals surface area (Å²) < 4.78 is 24.0. The van der Waals surface area contributed by atoms with Crippen LogP contribution < -0.4 is 4.74 Å². The lowest BCUT2D eigenvalue weighted by Gasteiger charge is -2.25. The van der Waals surface area contributed by atoms with Gasteiger partial charge < -0.3 is 18.9 Å². The Balaban J connectivity index is 2.02. The van der Waals surface area contributed by atoms with E-state index in [1.165, 1.54) is 25.5 Å². The topological polar surface area (TPSA) is 54.0 Å². The number of carbonyl (C=O) groups is 1. The molecule has 1 aromatic rings. The van der Waals surface area contributed by atoms with Crippen LogP contribution in [0.4, 0.5) is 0 Å². The van der Waals surface area contributed by atoms with Gasteiger partial charge in [0.25, 0.3) is 0 Å². The molecular weight excluding hydrogens is 562 g/mol. The normalized spacial score (nSPS) is 16.0. The zero-order valence-corrected chi connectivity index (χ0v) is 19.2. The number of halogens is 2. The van der Waals surface area contributed by atoms with Gasteiger partial charge in [0.2, 0.25) is 6.29 Å². The first-order valence-corrected chi connectivity index (χ1v) is 10.9. The first kappa shape index (κ1) is 21.7. The Kier molecular flexibility index (Phi) is 9.48. The van der Waals surface area contributed by atoms with E-state index in [1.807, 2.05) is 6.07 Å². The summed E-state index contributed by atoms with van der Waals surface area (Å²) in [5, 5.41) is 0. The molecule has 5 nitrogen and oxygen atoms in total. The van der Waals surface area contributed by atoms with Crippen molar-refractivity contribution in [2.75, 3.05) is 13.2 Å². The highest BCUT2D eigenvalue weighted by molar-refractivity contribution is 14.1. The van der Waals surface area contributed by atoms with Gasteiger partial charge in [0.15, 0.2) is 0 Å². The summed E-state index contributed by atoms with van der Waals surface area (Å²) in [5.41, 5.74) is 0.402. The summed E-state index contributed by atoms with van der Waals surface area (Å²) in [6.45, 7) is 5.94. The molecule has 1 unspecified atom stereocenters. The highest BCUT2D eigenvalue weighted by Gasteiger charge is 2.23. The van der Waals surface area contributed by atoms with E-state index < -0.39 is 12.3 Å².